The van der Waals surface area contributed by atoms with Crippen LogP contribution in [-0.2, 0) is 6.54 Å². The van der Waals surface area contributed by atoms with Crippen LogP contribution in [0.25, 0.3) is 0 Å². The smallest absolute Gasteiger partial charge is 0.321 e. The number of nitrogens with one attached hydrogen (secondary N) is 1. The predicted octanol–water partition coefficient (Wildman–Crippen LogP) is 4.65. The molecule has 0 aromatic heterocycles. The number of anilines is 1. The molecule has 6 heteroatoms. The van der Waals surface area contributed by atoms with Gasteiger partial charge in [0, 0.05) is 32.7 Å². The van der Waals surface area contributed by atoms with E-state index in [4.69, 9.17) is 23.2 Å². The van der Waals surface area contributed by atoms with Gasteiger partial charge in [-0.05, 0) is 24.6 Å². The number of rotatable bonds is 3. The van der Waals surface area contributed by atoms with E-state index in [-0.39, 0.29) is 6.03 Å². The maximum atomic E-state index is 12.4. The van der Waals surface area contributed by atoms with Crippen molar-refractivity contribution in [2.45, 2.75) is 13.5 Å². The number of hydrogen-bond acceptors (Lipinski definition) is 2. The van der Waals surface area contributed by atoms with Crippen molar-refractivity contribution in [1.29, 1.82) is 0 Å². The summed E-state index contributed by atoms with van der Waals surface area (Å²) >= 11 is 12.1. The van der Waals surface area contributed by atoms with E-state index in [2.05, 4.69) is 41.4 Å². The van der Waals surface area contributed by atoms with Crippen molar-refractivity contribution in [3.63, 3.8) is 0 Å². The number of benzene rings is 2. The van der Waals surface area contributed by atoms with Crippen molar-refractivity contribution in [1.82, 2.24) is 9.80 Å². The highest BCUT2D eigenvalue weighted by Crippen LogP contribution is 2.29. The van der Waals surface area contributed by atoms with Gasteiger partial charge in [-0.1, -0.05) is 59.1 Å². The summed E-state index contributed by atoms with van der Waals surface area (Å²) < 4.78 is 0. The van der Waals surface area contributed by atoms with Crippen LogP contribution in [-0.4, -0.2) is 42.0 Å². The Hall–Kier alpha value is -1.75. The van der Waals surface area contributed by atoms with Crippen LogP contribution in [0.2, 0.25) is 10.0 Å². The molecule has 1 saturated heterocycles. The van der Waals surface area contributed by atoms with Crippen LogP contribution in [0.1, 0.15) is 11.1 Å². The third-order valence-corrected chi connectivity index (χ3v) is 5.16. The first-order valence-corrected chi connectivity index (χ1v) is 9.06. The second kappa shape index (κ2) is 8.09. The summed E-state index contributed by atoms with van der Waals surface area (Å²) in [5, 5.41) is 3.65. The second-order valence-corrected chi connectivity index (χ2v) is 7.07. The summed E-state index contributed by atoms with van der Waals surface area (Å²) in [5.41, 5.74) is 3.12. The lowest BCUT2D eigenvalue weighted by Crippen LogP contribution is -2.49. The molecular weight excluding hydrogens is 357 g/mol. The van der Waals surface area contributed by atoms with Gasteiger partial charge >= 0.3 is 6.03 Å². The summed E-state index contributed by atoms with van der Waals surface area (Å²) in [7, 11) is 0. The second-order valence-electron chi connectivity index (χ2n) is 6.28. The number of amides is 2. The lowest BCUT2D eigenvalue weighted by atomic mass is 10.1. The number of halogens is 2. The zero-order chi connectivity index (χ0) is 17.8. The van der Waals surface area contributed by atoms with Gasteiger partial charge in [-0.15, -0.1) is 0 Å². The summed E-state index contributed by atoms with van der Waals surface area (Å²) in [6.45, 7) is 6.10. The first-order chi connectivity index (χ1) is 12.0. The summed E-state index contributed by atoms with van der Waals surface area (Å²) in [6, 6.07) is 13.6. The van der Waals surface area contributed by atoms with E-state index in [9.17, 15) is 4.79 Å². The van der Waals surface area contributed by atoms with Crippen molar-refractivity contribution < 1.29 is 4.79 Å². The monoisotopic (exact) mass is 377 g/mol. The SMILES string of the molecule is Cc1cccc(CN2CCN(C(=O)Nc3cccc(Cl)c3Cl)CC2)c1. The number of nitrogens with zero attached hydrogens (tertiary/aromatic N) is 2. The lowest BCUT2D eigenvalue weighted by molar-refractivity contribution is 0.143. The molecule has 0 saturated carbocycles. The van der Waals surface area contributed by atoms with Gasteiger partial charge in [-0.25, -0.2) is 4.79 Å². The Bertz CT molecular complexity index is 758. The minimum absolute atomic E-state index is 0.139. The number of aryl methyl sites for hydroxylation is 1. The normalized spacial score (nSPS) is 15.2. The first kappa shape index (κ1) is 18.1. The summed E-state index contributed by atoms with van der Waals surface area (Å²) in [6.07, 6.45) is 0. The quantitative estimate of drug-likeness (QED) is 0.844. The zero-order valence-electron chi connectivity index (χ0n) is 14.1. The van der Waals surface area contributed by atoms with E-state index >= 15 is 0 Å². The van der Waals surface area contributed by atoms with E-state index in [0.717, 1.165) is 19.6 Å². The molecule has 3 rings (SSSR count). The molecule has 2 aromatic rings. The molecule has 0 spiro atoms. The Morgan fingerprint density at radius 1 is 1.08 bits per heavy atom. The average Bonchev–Trinajstić information content (AvgIpc) is 2.59. The maximum absolute atomic E-state index is 12.4. The van der Waals surface area contributed by atoms with Crippen LogP contribution in [0.4, 0.5) is 10.5 Å². The van der Waals surface area contributed by atoms with Crippen molar-refractivity contribution in [2.24, 2.45) is 0 Å². The first-order valence-electron chi connectivity index (χ1n) is 8.31. The highest BCUT2D eigenvalue weighted by atomic mass is 35.5. The van der Waals surface area contributed by atoms with E-state index < -0.39 is 0 Å². The zero-order valence-corrected chi connectivity index (χ0v) is 15.6. The van der Waals surface area contributed by atoms with Gasteiger partial charge in [0.2, 0.25) is 0 Å². The number of urea groups is 1. The van der Waals surface area contributed by atoms with Crippen molar-refractivity contribution in [3.05, 3.63) is 63.6 Å². The molecule has 2 aromatic carbocycles. The van der Waals surface area contributed by atoms with E-state index in [1.807, 2.05) is 4.90 Å². The lowest BCUT2D eigenvalue weighted by Gasteiger charge is -2.34. The molecule has 0 atom stereocenters. The van der Waals surface area contributed by atoms with Crippen LogP contribution < -0.4 is 5.32 Å². The molecule has 1 N–H and O–H groups in total. The van der Waals surface area contributed by atoms with Crippen LogP contribution in [0, 0.1) is 6.92 Å². The molecule has 0 unspecified atom stereocenters. The highest BCUT2D eigenvalue weighted by molar-refractivity contribution is 6.43. The number of carbonyl (C=O) groups excluding carboxylic acids is 1. The molecule has 25 heavy (non-hydrogen) atoms. The van der Waals surface area contributed by atoms with Crippen molar-refractivity contribution in [3.8, 4) is 0 Å². The van der Waals surface area contributed by atoms with Crippen LogP contribution in [0.5, 0.6) is 0 Å². The van der Waals surface area contributed by atoms with Crippen LogP contribution in [0.3, 0.4) is 0 Å². The minimum Gasteiger partial charge on any atom is -0.322 e. The van der Waals surface area contributed by atoms with Gasteiger partial charge in [-0.2, -0.15) is 0 Å². The Morgan fingerprint density at radius 2 is 1.80 bits per heavy atom. The Morgan fingerprint density at radius 3 is 2.52 bits per heavy atom. The van der Waals surface area contributed by atoms with Crippen LogP contribution in [0.15, 0.2) is 42.5 Å². The fraction of sp³-hybridized carbons (Fsp3) is 0.316. The van der Waals surface area contributed by atoms with E-state index in [0.29, 0.717) is 28.8 Å². The molecule has 1 aliphatic rings. The van der Waals surface area contributed by atoms with Gasteiger partial charge in [0.15, 0.2) is 0 Å². The topological polar surface area (TPSA) is 35.6 Å². The van der Waals surface area contributed by atoms with E-state index in [1.165, 1.54) is 11.1 Å². The molecule has 1 fully saturated rings. The van der Waals surface area contributed by atoms with Gasteiger partial charge in [-0.3, -0.25) is 4.90 Å². The molecule has 132 valence electrons. The number of carbonyl (C=O) groups is 1. The minimum atomic E-state index is -0.139. The molecule has 0 bridgehead atoms. The largest absolute Gasteiger partial charge is 0.322 e. The van der Waals surface area contributed by atoms with E-state index in [1.54, 1.807) is 18.2 Å². The number of hydrogen-bond donors (Lipinski definition) is 1. The van der Waals surface area contributed by atoms with Gasteiger partial charge in [0.1, 0.15) is 0 Å². The Labute approximate surface area is 158 Å². The molecular formula is C19H21Cl2N3O. The molecule has 1 aliphatic heterocycles. The number of piperazine rings is 1. The molecule has 0 aliphatic carbocycles. The predicted molar refractivity (Wildman–Crippen MR) is 104 cm³/mol. The standard InChI is InChI=1S/C19H21Cl2N3O/c1-14-4-2-5-15(12-14)13-23-8-10-24(11-9-23)19(25)22-17-7-3-6-16(20)18(17)21/h2-7,12H,8-11,13H2,1H3,(H,22,25). The average molecular weight is 378 g/mol. The van der Waals surface area contributed by atoms with Gasteiger partial charge < -0.3 is 10.2 Å². The summed E-state index contributed by atoms with van der Waals surface area (Å²) in [4.78, 5) is 16.6. The van der Waals surface area contributed by atoms with Gasteiger partial charge in [0.25, 0.3) is 0 Å². The highest BCUT2D eigenvalue weighted by Gasteiger charge is 2.22. The third-order valence-electron chi connectivity index (χ3n) is 4.34. The molecule has 0 radical (unpaired) electrons. The maximum Gasteiger partial charge on any atom is 0.321 e. The molecule has 4 nitrogen and oxygen atoms in total. The molecule has 2 amide bonds. The summed E-state index contributed by atoms with van der Waals surface area (Å²) in [5.74, 6) is 0. The van der Waals surface area contributed by atoms with Crippen molar-refractivity contribution in [2.75, 3.05) is 31.5 Å². The molecule has 1 heterocycles. The third kappa shape index (κ3) is 4.66. The van der Waals surface area contributed by atoms with Crippen LogP contribution >= 0.6 is 23.2 Å². The Kier molecular flexibility index (Phi) is 5.84. The Balaban J connectivity index is 1.53. The fourth-order valence-electron chi connectivity index (χ4n) is 2.97. The van der Waals surface area contributed by atoms with Crippen molar-refractivity contribution >= 4 is 34.9 Å². The van der Waals surface area contributed by atoms with Gasteiger partial charge in [0.05, 0.1) is 15.7 Å². The fourth-order valence-corrected chi connectivity index (χ4v) is 3.32.